The second-order valence-corrected chi connectivity index (χ2v) is 6.94. The van der Waals surface area contributed by atoms with Gasteiger partial charge in [0, 0.05) is 27.2 Å². The topological polar surface area (TPSA) is 59.5 Å². The van der Waals surface area contributed by atoms with Crippen LogP contribution in [0, 0.1) is 5.92 Å². The number of imidazole rings is 1. The Kier molecular flexibility index (Phi) is 8.56. The van der Waals surface area contributed by atoms with E-state index in [0.717, 1.165) is 36.1 Å². The van der Waals surface area contributed by atoms with Crippen LogP contribution in [0.25, 0.3) is 11.3 Å². The summed E-state index contributed by atoms with van der Waals surface area (Å²) in [6, 6.07) is 10.3. The van der Waals surface area contributed by atoms with E-state index in [-0.39, 0.29) is 24.0 Å². The van der Waals surface area contributed by atoms with Crippen molar-refractivity contribution >= 4 is 29.9 Å². The molecule has 2 heterocycles. The maximum Gasteiger partial charge on any atom is 0.193 e. The molecule has 0 amide bonds. The van der Waals surface area contributed by atoms with Crippen LogP contribution < -0.4 is 5.32 Å². The highest BCUT2D eigenvalue weighted by atomic mass is 127. The lowest BCUT2D eigenvalue weighted by Crippen LogP contribution is -2.41. The van der Waals surface area contributed by atoms with Crippen molar-refractivity contribution in [1.29, 1.82) is 0 Å². The van der Waals surface area contributed by atoms with Gasteiger partial charge < -0.3 is 20.1 Å². The number of nitrogens with zero attached hydrogens (tertiary/aromatic N) is 4. The van der Waals surface area contributed by atoms with Crippen LogP contribution in [0.15, 0.2) is 41.5 Å². The van der Waals surface area contributed by atoms with Crippen LogP contribution in [0.2, 0.25) is 0 Å². The van der Waals surface area contributed by atoms with E-state index in [1.807, 2.05) is 38.5 Å². The first-order valence-corrected chi connectivity index (χ1v) is 9.43. The van der Waals surface area contributed by atoms with Crippen LogP contribution in [0.4, 0.5) is 0 Å². The summed E-state index contributed by atoms with van der Waals surface area (Å²) < 4.78 is 0. The monoisotopic (exact) mass is 482 g/mol. The van der Waals surface area contributed by atoms with Gasteiger partial charge in [0.1, 0.15) is 5.82 Å². The Morgan fingerprint density at radius 3 is 2.81 bits per heavy atom. The molecule has 1 atom stereocenters. The number of aromatic amines is 1. The van der Waals surface area contributed by atoms with Crippen molar-refractivity contribution in [1.82, 2.24) is 25.1 Å². The molecule has 1 aromatic heterocycles. The number of halogens is 1. The van der Waals surface area contributed by atoms with Gasteiger partial charge in [0.25, 0.3) is 0 Å². The Hall–Kier alpha value is -1.61. The highest BCUT2D eigenvalue weighted by molar-refractivity contribution is 14.0. The normalized spacial score (nSPS) is 17.6. The van der Waals surface area contributed by atoms with Crippen LogP contribution >= 0.6 is 24.0 Å². The zero-order valence-electron chi connectivity index (χ0n) is 16.5. The van der Waals surface area contributed by atoms with Gasteiger partial charge in [0.05, 0.1) is 18.4 Å². The first-order chi connectivity index (χ1) is 12.7. The van der Waals surface area contributed by atoms with Crippen molar-refractivity contribution in [2.45, 2.75) is 19.9 Å². The van der Waals surface area contributed by atoms with Gasteiger partial charge in [-0.3, -0.25) is 4.99 Å². The summed E-state index contributed by atoms with van der Waals surface area (Å²) in [7, 11) is 3.89. The molecule has 1 aromatic carbocycles. The highest BCUT2D eigenvalue weighted by Crippen LogP contribution is 2.17. The van der Waals surface area contributed by atoms with Gasteiger partial charge >= 0.3 is 0 Å². The Bertz CT molecular complexity index is 714. The lowest BCUT2D eigenvalue weighted by molar-refractivity contribution is 0.340. The molecule has 7 heteroatoms. The molecular formula is C20H31IN6. The minimum Gasteiger partial charge on any atom is -0.356 e. The minimum absolute atomic E-state index is 0. The molecule has 0 aliphatic carbocycles. The Morgan fingerprint density at radius 1 is 1.37 bits per heavy atom. The van der Waals surface area contributed by atoms with Crippen LogP contribution in [-0.4, -0.2) is 66.0 Å². The van der Waals surface area contributed by atoms with E-state index in [1.54, 1.807) is 0 Å². The second kappa shape index (κ2) is 10.7. The van der Waals surface area contributed by atoms with Gasteiger partial charge in [-0.1, -0.05) is 37.3 Å². The van der Waals surface area contributed by atoms with Crippen molar-refractivity contribution in [2.75, 3.05) is 40.3 Å². The van der Waals surface area contributed by atoms with Crippen molar-refractivity contribution in [3.05, 3.63) is 42.4 Å². The minimum atomic E-state index is 0. The SMILES string of the molecule is CCN1CCC(CNC(=NC)N(C)Cc2ncc(-c3ccccc3)[nH]2)C1.I. The van der Waals surface area contributed by atoms with Crippen LogP contribution in [0.5, 0.6) is 0 Å². The summed E-state index contributed by atoms with van der Waals surface area (Å²) in [6.07, 6.45) is 3.16. The summed E-state index contributed by atoms with van der Waals surface area (Å²) in [5.41, 5.74) is 2.20. The fourth-order valence-electron chi connectivity index (χ4n) is 3.49. The fraction of sp³-hybridized carbons (Fsp3) is 0.500. The number of nitrogens with one attached hydrogen (secondary N) is 2. The van der Waals surface area contributed by atoms with Crippen LogP contribution in [0.3, 0.4) is 0 Å². The van der Waals surface area contributed by atoms with E-state index in [1.165, 1.54) is 19.5 Å². The van der Waals surface area contributed by atoms with E-state index >= 15 is 0 Å². The smallest absolute Gasteiger partial charge is 0.193 e. The maximum atomic E-state index is 4.52. The summed E-state index contributed by atoms with van der Waals surface area (Å²) >= 11 is 0. The molecule has 148 valence electrons. The zero-order chi connectivity index (χ0) is 18.4. The summed E-state index contributed by atoms with van der Waals surface area (Å²) in [4.78, 5) is 17.0. The van der Waals surface area contributed by atoms with Gasteiger partial charge in [-0.25, -0.2) is 4.98 Å². The molecule has 6 nitrogen and oxygen atoms in total. The Labute approximate surface area is 179 Å². The average molecular weight is 482 g/mol. The molecule has 27 heavy (non-hydrogen) atoms. The molecule has 2 aromatic rings. The van der Waals surface area contributed by atoms with Gasteiger partial charge in [-0.2, -0.15) is 0 Å². The predicted molar refractivity (Wildman–Crippen MR) is 122 cm³/mol. The number of hydrogen-bond donors (Lipinski definition) is 2. The van der Waals surface area contributed by atoms with Crippen LogP contribution in [-0.2, 0) is 6.54 Å². The molecule has 3 rings (SSSR count). The van der Waals surface area contributed by atoms with E-state index in [9.17, 15) is 0 Å². The lowest BCUT2D eigenvalue weighted by Gasteiger charge is -2.22. The summed E-state index contributed by atoms with van der Waals surface area (Å²) in [5, 5.41) is 3.52. The number of likely N-dealkylation sites (tertiary alicyclic amines) is 1. The summed E-state index contributed by atoms with van der Waals surface area (Å²) in [5.74, 6) is 2.55. The highest BCUT2D eigenvalue weighted by Gasteiger charge is 2.21. The molecule has 0 saturated carbocycles. The third-order valence-corrected chi connectivity index (χ3v) is 5.04. The molecule has 1 aliphatic rings. The first-order valence-electron chi connectivity index (χ1n) is 9.43. The first kappa shape index (κ1) is 21.7. The fourth-order valence-corrected chi connectivity index (χ4v) is 3.49. The molecule has 1 aliphatic heterocycles. The molecule has 0 spiro atoms. The number of aromatic nitrogens is 2. The van der Waals surface area contributed by atoms with E-state index in [4.69, 9.17) is 0 Å². The Morgan fingerprint density at radius 2 is 2.15 bits per heavy atom. The van der Waals surface area contributed by atoms with Gasteiger partial charge in [-0.05, 0) is 31.0 Å². The van der Waals surface area contributed by atoms with Crippen molar-refractivity contribution in [2.24, 2.45) is 10.9 Å². The quantitative estimate of drug-likeness (QED) is 0.378. The number of H-pyrrole nitrogens is 1. The molecule has 0 radical (unpaired) electrons. The van der Waals surface area contributed by atoms with Crippen molar-refractivity contribution < 1.29 is 0 Å². The third-order valence-electron chi connectivity index (χ3n) is 5.04. The number of aliphatic imine (C=N–C) groups is 1. The molecule has 1 saturated heterocycles. The molecule has 2 N–H and O–H groups in total. The maximum absolute atomic E-state index is 4.52. The predicted octanol–water partition coefficient (Wildman–Crippen LogP) is 3.04. The largest absolute Gasteiger partial charge is 0.356 e. The molecule has 1 fully saturated rings. The van der Waals surface area contributed by atoms with Crippen molar-refractivity contribution in [3.63, 3.8) is 0 Å². The number of hydrogen-bond acceptors (Lipinski definition) is 3. The number of guanidine groups is 1. The summed E-state index contributed by atoms with van der Waals surface area (Å²) in [6.45, 7) is 7.44. The Balaban J connectivity index is 0.00000261. The second-order valence-electron chi connectivity index (χ2n) is 6.94. The van der Waals surface area contributed by atoms with Gasteiger partial charge in [0.15, 0.2) is 5.96 Å². The van der Waals surface area contributed by atoms with E-state index in [0.29, 0.717) is 12.5 Å². The van der Waals surface area contributed by atoms with E-state index in [2.05, 4.69) is 49.1 Å². The number of rotatable bonds is 6. The van der Waals surface area contributed by atoms with Gasteiger partial charge in [0.2, 0.25) is 0 Å². The molecule has 0 bridgehead atoms. The molecular weight excluding hydrogens is 451 g/mol. The van der Waals surface area contributed by atoms with E-state index < -0.39 is 0 Å². The third kappa shape index (κ3) is 5.93. The van der Waals surface area contributed by atoms with Crippen LogP contribution in [0.1, 0.15) is 19.2 Å². The van der Waals surface area contributed by atoms with Crippen molar-refractivity contribution in [3.8, 4) is 11.3 Å². The number of benzene rings is 1. The average Bonchev–Trinajstić information content (AvgIpc) is 3.32. The standard InChI is InChI=1S/C20H30N6.HI/c1-4-26-11-10-16(14-26)12-23-20(21-2)25(3)15-19-22-13-18(24-19)17-8-6-5-7-9-17;/h5-9,13,16H,4,10-12,14-15H2,1-3H3,(H,21,23)(H,22,24);1H. The lowest BCUT2D eigenvalue weighted by atomic mass is 10.1. The molecule has 1 unspecified atom stereocenters. The zero-order valence-corrected chi connectivity index (χ0v) is 18.8. The van der Waals surface area contributed by atoms with Gasteiger partial charge in [-0.15, -0.1) is 24.0 Å².